The molecule has 0 spiro atoms. The molecule has 0 N–H and O–H groups in total. The van der Waals surface area contributed by atoms with Crippen molar-refractivity contribution in [1.82, 2.24) is 9.88 Å². The summed E-state index contributed by atoms with van der Waals surface area (Å²) in [6, 6.07) is 11.1. The Labute approximate surface area is 157 Å². The van der Waals surface area contributed by atoms with Gasteiger partial charge in [0.05, 0.1) is 11.3 Å². The lowest BCUT2D eigenvalue weighted by Crippen LogP contribution is -2.44. The van der Waals surface area contributed by atoms with Crippen molar-refractivity contribution < 1.29 is 14.3 Å². The van der Waals surface area contributed by atoms with E-state index in [2.05, 4.69) is 4.98 Å². The average Bonchev–Trinajstić information content (AvgIpc) is 2.78. The van der Waals surface area contributed by atoms with E-state index in [0.29, 0.717) is 24.4 Å². The zero-order chi connectivity index (χ0) is 18.5. The number of rotatable bonds is 5. The molecule has 1 atom stereocenters. The van der Waals surface area contributed by atoms with E-state index in [0.717, 1.165) is 10.6 Å². The summed E-state index contributed by atoms with van der Waals surface area (Å²) in [4.78, 5) is 34.1. The molecule has 0 fully saturated rings. The van der Waals surface area contributed by atoms with E-state index in [1.54, 1.807) is 23.2 Å². The van der Waals surface area contributed by atoms with Crippen LogP contribution in [0.4, 0.5) is 5.69 Å². The van der Waals surface area contributed by atoms with Crippen LogP contribution in [0.2, 0.25) is 0 Å². The van der Waals surface area contributed by atoms with Gasteiger partial charge in [-0.2, -0.15) is 0 Å². The maximum absolute atomic E-state index is 13.1. The first-order valence-corrected chi connectivity index (χ1v) is 9.34. The molecule has 1 aromatic heterocycles. The minimum atomic E-state index is -0.831. The fourth-order valence-corrected chi connectivity index (χ4v) is 3.67. The highest BCUT2D eigenvalue weighted by Gasteiger charge is 2.33. The number of ether oxygens (including phenoxy) is 1. The summed E-state index contributed by atoms with van der Waals surface area (Å²) in [6.45, 7) is 1.25. The van der Waals surface area contributed by atoms with E-state index < -0.39 is 12.1 Å². The molecule has 26 heavy (non-hydrogen) atoms. The van der Waals surface area contributed by atoms with Gasteiger partial charge in [0.1, 0.15) is 0 Å². The minimum Gasteiger partial charge on any atom is -0.448 e. The molecule has 3 rings (SSSR count). The molecule has 6 nitrogen and oxygen atoms in total. The molecule has 1 aliphatic heterocycles. The number of nitrogens with zero attached hydrogens (tertiary/aromatic N) is 3. The Morgan fingerprint density at radius 3 is 2.85 bits per heavy atom. The fraction of sp³-hybridized carbons (Fsp3) is 0.316. The Hall–Kier alpha value is -2.38. The highest BCUT2D eigenvalue weighted by molar-refractivity contribution is 7.99. The number of benzene rings is 1. The molecule has 7 heteroatoms. The largest absolute Gasteiger partial charge is 0.448 e. The molecule has 0 radical (unpaired) electrons. The van der Waals surface area contributed by atoms with Gasteiger partial charge >= 0.3 is 5.97 Å². The van der Waals surface area contributed by atoms with Crippen LogP contribution in [0.1, 0.15) is 10.4 Å². The van der Waals surface area contributed by atoms with Crippen molar-refractivity contribution in [2.75, 3.05) is 37.8 Å². The lowest BCUT2D eigenvalue weighted by atomic mass is 10.2. The first-order chi connectivity index (χ1) is 12.6. The van der Waals surface area contributed by atoms with Gasteiger partial charge in [0.2, 0.25) is 0 Å². The number of hydrogen-bond acceptors (Lipinski definition) is 6. The summed E-state index contributed by atoms with van der Waals surface area (Å²) in [6.07, 6.45) is 2.19. The van der Waals surface area contributed by atoms with Gasteiger partial charge in [0.15, 0.2) is 6.10 Å². The zero-order valence-electron chi connectivity index (χ0n) is 14.8. The van der Waals surface area contributed by atoms with Crippen LogP contribution in [0.5, 0.6) is 0 Å². The van der Waals surface area contributed by atoms with Crippen molar-refractivity contribution in [3.8, 4) is 0 Å². The third-order valence-corrected chi connectivity index (χ3v) is 5.13. The zero-order valence-corrected chi connectivity index (χ0v) is 15.6. The maximum atomic E-state index is 13.1. The number of aromatic nitrogens is 1. The topological polar surface area (TPSA) is 62.7 Å². The average molecular weight is 371 g/mol. The molecule has 136 valence electrons. The van der Waals surface area contributed by atoms with Crippen LogP contribution in [-0.2, 0) is 9.53 Å². The number of pyridine rings is 1. The SMILES string of the molecule is CN(C)CCN1C(=O)C(OC(=O)c2cccnc2)CSc2ccccc21. The number of amides is 1. The van der Waals surface area contributed by atoms with Crippen LogP contribution in [0.3, 0.4) is 0 Å². The van der Waals surface area contributed by atoms with Crippen LogP contribution < -0.4 is 4.90 Å². The number of thioether (sulfide) groups is 1. The Morgan fingerprint density at radius 1 is 1.31 bits per heavy atom. The van der Waals surface area contributed by atoms with Crippen LogP contribution in [0, 0.1) is 0 Å². The highest BCUT2D eigenvalue weighted by Crippen LogP contribution is 2.34. The summed E-state index contributed by atoms with van der Waals surface area (Å²) in [7, 11) is 3.92. The molecular weight excluding hydrogens is 350 g/mol. The first-order valence-electron chi connectivity index (χ1n) is 8.35. The molecule has 2 heterocycles. The molecule has 0 saturated carbocycles. The second-order valence-corrected chi connectivity index (χ2v) is 7.27. The van der Waals surface area contributed by atoms with Gasteiger partial charge in [0, 0.05) is 36.1 Å². The highest BCUT2D eigenvalue weighted by atomic mass is 32.2. The lowest BCUT2D eigenvalue weighted by Gasteiger charge is -2.26. The molecular formula is C19H21N3O3S. The number of carbonyl (C=O) groups is 2. The van der Waals surface area contributed by atoms with Crippen LogP contribution in [0.25, 0.3) is 0 Å². The van der Waals surface area contributed by atoms with E-state index >= 15 is 0 Å². The number of fused-ring (bicyclic) bond motifs is 1. The number of esters is 1. The number of anilines is 1. The molecule has 0 aliphatic carbocycles. The van der Waals surface area contributed by atoms with Crippen molar-refractivity contribution >= 4 is 29.3 Å². The van der Waals surface area contributed by atoms with Gasteiger partial charge in [-0.05, 0) is 38.4 Å². The van der Waals surface area contributed by atoms with Crippen molar-refractivity contribution in [3.05, 3.63) is 54.4 Å². The van der Waals surface area contributed by atoms with Gasteiger partial charge in [-0.3, -0.25) is 9.78 Å². The van der Waals surface area contributed by atoms with Gasteiger partial charge in [-0.25, -0.2) is 4.79 Å². The maximum Gasteiger partial charge on any atom is 0.340 e. The number of hydrogen-bond donors (Lipinski definition) is 0. The summed E-state index contributed by atoms with van der Waals surface area (Å²) in [5, 5.41) is 0. The van der Waals surface area contributed by atoms with E-state index in [9.17, 15) is 9.59 Å². The second-order valence-electron chi connectivity index (χ2n) is 6.21. The second kappa shape index (κ2) is 8.33. The van der Waals surface area contributed by atoms with Crippen molar-refractivity contribution in [3.63, 3.8) is 0 Å². The van der Waals surface area contributed by atoms with Gasteiger partial charge in [-0.15, -0.1) is 11.8 Å². The van der Waals surface area contributed by atoms with Crippen LogP contribution >= 0.6 is 11.8 Å². The van der Waals surface area contributed by atoms with E-state index in [4.69, 9.17) is 4.74 Å². The first kappa shape index (κ1) is 18.4. The Bertz CT molecular complexity index is 783. The smallest absolute Gasteiger partial charge is 0.340 e. The lowest BCUT2D eigenvalue weighted by molar-refractivity contribution is -0.126. The number of carbonyl (C=O) groups excluding carboxylic acids is 2. The monoisotopic (exact) mass is 371 g/mol. The molecule has 1 aromatic carbocycles. The standard InChI is InChI=1S/C19H21N3O3S/c1-21(2)10-11-22-15-7-3-4-8-17(15)26-13-16(18(22)23)25-19(24)14-6-5-9-20-12-14/h3-9,12,16H,10-11,13H2,1-2H3. The van der Waals surface area contributed by atoms with Crippen molar-refractivity contribution in [2.24, 2.45) is 0 Å². The molecule has 0 saturated heterocycles. The normalized spacial score (nSPS) is 17.0. The van der Waals surface area contributed by atoms with Gasteiger partial charge < -0.3 is 14.5 Å². The van der Waals surface area contributed by atoms with Crippen LogP contribution in [-0.4, -0.2) is 60.8 Å². The van der Waals surface area contributed by atoms with Crippen LogP contribution in [0.15, 0.2) is 53.7 Å². The minimum absolute atomic E-state index is 0.193. The fourth-order valence-electron chi connectivity index (χ4n) is 2.63. The summed E-state index contributed by atoms with van der Waals surface area (Å²) >= 11 is 1.53. The Morgan fingerprint density at radius 2 is 2.12 bits per heavy atom. The third-order valence-electron chi connectivity index (χ3n) is 4.01. The predicted octanol–water partition coefficient (Wildman–Crippen LogP) is 2.31. The predicted molar refractivity (Wildman–Crippen MR) is 102 cm³/mol. The Kier molecular flexibility index (Phi) is 5.90. The van der Waals surface area contributed by atoms with E-state index in [1.165, 1.54) is 18.0 Å². The molecule has 0 bridgehead atoms. The summed E-state index contributed by atoms with van der Waals surface area (Å²) in [5.41, 5.74) is 1.20. The van der Waals surface area contributed by atoms with Gasteiger partial charge in [-0.1, -0.05) is 12.1 Å². The third kappa shape index (κ3) is 4.23. The Balaban J connectivity index is 1.82. The van der Waals surface area contributed by atoms with E-state index in [1.807, 2.05) is 43.3 Å². The molecule has 1 unspecified atom stereocenters. The quantitative estimate of drug-likeness (QED) is 0.752. The molecule has 2 aromatic rings. The summed E-state index contributed by atoms with van der Waals surface area (Å²) < 4.78 is 5.53. The molecule has 1 amide bonds. The summed E-state index contributed by atoms with van der Waals surface area (Å²) in [5.74, 6) is -0.336. The molecule has 1 aliphatic rings. The van der Waals surface area contributed by atoms with Crippen molar-refractivity contribution in [1.29, 1.82) is 0 Å². The number of para-hydroxylation sites is 1. The van der Waals surface area contributed by atoms with Crippen molar-refractivity contribution in [2.45, 2.75) is 11.0 Å². The number of likely N-dealkylation sites (N-methyl/N-ethyl adjacent to an activating group) is 1. The van der Waals surface area contributed by atoms with Gasteiger partial charge in [0.25, 0.3) is 5.91 Å². The van der Waals surface area contributed by atoms with E-state index in [-0.39, 0.29) is 5.91 Å².